The lowest BCUT2D eigenvalue weighted by Crippen LogP contribution is -2.55. The highest BCUT2D eigenvalue weighted by molar-refractivity contribution is 7.89. The van der Waals surface area contributed by atoms with E-state index in [2.05, 4.69) is 0 Å². The van der Waals surface area contributed by atoms with Crippen LogP contribution in [0, 0.1) is 6.92 Å². The van der Waals surface area contributed by atoms with Crippen LogP contribution in [0.2, 0.25) is 5.02 Å². The molecule has 0 aliphatic carbocycles. The van der Waals surface area contributed by atoms with Crippen molar-refractivity contribution in [2.75, 3.05) is 25.5 Å². The van der Waals surface area contributed by atoms with Gasteiger partial charge in [0.25, 0.3) is 0 Å². The zero-order chi connectivity index (χ0) is 15.1. The molecule has 0 unspecified atom stereocenters. The van der Waals surface area contributed by atoms with Crippen LogP contribution >= 0.6 is 11.6 Å². The van der Waals surface area contributed by atoms with Gasteiger partial charge in [-0.1, -0.05) is 11.6 Å². The number of rotatable bonds is 2. The smallest absolute Gasteiger partial charge is 0.243 e. The first-order valence-electron chi connectivity index (χ1n) is 6.32. The van der Waals surface area contributed by atoms with Gasteiger partial charge in [0.05, 0.1) is 23.6 Å². The number of hydrogen-bond acceptors (Lipinski definition) is 4. The number of morpholine rings is 1. The molecule has 0 saturated carbocycles. The van der Waals surface area contributed by atoms with Gasteiger partial charge in [-0.25, -0.2) is 8.42 Å². The van der Waals surface area contributed by atoms with Crippen molar-refractivity contribution in [3.8, 4) is 0 Å². The lowest BCUT2D eigenvalue weighted by molar-refractivity contribution is -0.00770. The molecule has 7 heteroatoms. The monoisotopic (exact) mass is 318 g/mol. The van der Waals surface area contributed by atoms with Crippen LogP contribution in [0.3, 0.4) is 0 Å². The second-order valence-corrected chi connectivity index (χ2v) is 7.83. The first-order valence-corrected chi connectivity index (χ1v) is 8.14. The molecule has 1 aliphatic heterocycles. The van der Waals surface area contributed by atoms with Crippen molar-refractivity contribution in [1.29, 1.82) is 0 Å². The van der Waals surface area contributed by atoms with Crippen molar-refractivity contribution in [3.63, 3.8) is 0 Å². The molecule has 0 amide bonds. The van der Waals surface area contributed by atoms with Crippen LogP contribution in [-0.2, 0) is 14.8 Å². The Bertz CT molecular complexity index is 605. The van der Waals surface area contributed by atoms with Gasteiger partial charge in [0.1, 0.15) is 0 Å². The van der Waals surface area contributed by atoms with Crippen molar-refractivity contribution in [2.24, 2.45) is 0 Å². The third-order valence-electron chi connectivity index (χ3n) is 3.52. The fraction of sp³-hybridized carbons (Fsp3) is 0.538. The predicted molar refractivity (Wildman–Crippen MR) is 79.4 cm³/mol. The average Bonchev–Trinajstić information content (AvgIpc) is 2.34. The Kier molecular flexibility index (Phi) is 4.03. The summed E-state index contributed by atoms with van der Waals surface area (Å²) in [5, 5.41) is 0.356. The quantitative estimate of drug-likeness (QED) is 0.847. The topological polar surface area (TPSA) is 72.6 Å². The number of sulfonamides is 1. The summed E-state index contributed by atoms with van der Waals surface area (Å²) in [6.45, 7) is 6.50. The van der Waals surface area contributed by atoms with Crippen LogP contribution < -0.4 is 5.73 Å². The van der Waals surface area contributed by atoms with Gasteiger partial charge >= 0.3 is 0 Å². The Morgan fingerprint density at radius 1 is 1.40 bits per heavy atom. The highest BCUT2D eigenvalue weighted by Gasteiger charge is 2.40. The molecule has 2 rings (SSSR count). The maximum absolute atomic E-state index is 12.8. The largest absolute Gasteiger partial charge is 0.398 e. The van der Waals surface area contributed by atoms with E-state index in [4.69, 9.17) is 22.1 Å². The molecule has 20 heavy (non-hydrogen) atoms. The summed E-state index contributed by atoms with van der Waals surface area (Å²) in [6, 6.07) is 2.91. The molecule has 1 aromatic carbocycles. The van der Waals surface area contributed by atoms with E-state index in [9.17, 15) is 8.42 Å². The van der Waals surface area contributed by atoms with Crippen LogP contribution in [0.25, 0.3) is 0 Å². The molecule has 0 radical (unpaired) electrons. The number of nitrogens with zero attached hydrogens (tertiary/aromatic N) is 1. The van der Waals surface area contributed by atoms with Crippen molar-refractivity contribution in [3.05, 3.63) is 22.7 Å². The van der Waals surface area contributed by atoms with E-state index >= 15 is 0 Å². The minimum absolute atomic E-state index is 0.126. The molecular formula is C13H19ClN2O3S. The molecule has 0 aromatic heterocycles. The third kappa shape index (κ3) is 2.65. The second-order valence-electron chi connectivity index (χ2n) is 5.56. The first kappa shape index (κ1) is 15.6. The van der Waals surface area contributed by atoms with Crippen LogP contribution in [-0.4, -0.2) is 38.0 Å². The van der Waals surface area contributed by atoms with Gasteiger partial charge < -0.3 is 10.5 Å². The standard InChI is InChI=1S/C13H19ClN2O3S/c1-9-11(14)6-10(7-12(9)15)20(17,18)16-4-5-19-8-13(16,2)3/h6-7H,4-5,8,15H2,1-3H3. The van der Waals surface area contributed by atoms with Gasteiger partial charge in [0.15, 0.2) is 0 Å². The Hall–Kier alpha value is -0.820. The lowest BCUT2D eigenvalue weighted by Gasteiger charge is -2.40. The van der Waals surface area contributed by atoms with Crippen molar-refractivity contribution < 1.29 is 13.2 Å². The predicted octanol–water partition coefficient (Wildman–Crippen LogP) is 2.03. The molecule has 1 saturated heterocycles. The van der Waals surface area contributed by atoms with Gasteiger partial charge in [-0.05, 0) is 38.5 Å². The van der Waals surface area contributed by atoms with Gasteiger partial charge in [-0.15, -0.1) is 0 Å². The number of nitrogen functional groups attached to an aromatic ring is 1. The van der Waals surface area contributed by atoms with Gasteiger partial charge in [-0.3, -0.25) is 0 Å². The van der Waals surface area contributed by atoms with Crippen LogP contribution in [0.15, 0.2) is 17.0 Å². The van der Waals surface area contributed by atoms with Crippen LogP contribution in [0.5, 0.6) is 0 Å². The van der Waals surface area contributed by atoms with E-state index in [0.29, 0.717) is 36.0 Å². The average molecular weight is 319 g/mol. The molecule has 1 heterocycles. The molecule has 1 aromatic rings. The molecule has 1 fully saturated rings. The molecule has 0 atom stereocenters. The van der Waals surface area contributed by atoms with E-state index in [1.807, 2.05) is 13.8 Å². The SMILES string of the molecule is Cc1c(N)cc(S(=O)(=O)N2CCOCC2(C)C)cc1Cl. The molecule has 2 N–H and O–H groups in total. The fourth-order valence-electron chi connectivity index (χ4n) is 2.24. The van der Waals surface area contributed by atoms with E-state index < -0.39 is 15.6 Å². The number of halogens is 1. The van der Waals surface area contributed by atoms with Crippen molar-refractivity contribution in [1.82, 2.24) is 4.31 Å². The zero-order valence-corrected chi connectivity index (χ0v) is 13.4. The highest BCUT2D eigenvalue weighted by atomic mass is 35.5. The van der Waals surface area contributed by atoms with E-state index in [1.54, 1.807) is 6.92 Å². The highest BCUT2D eigenvalue weighted by Crippen LogP contribution is 2.31. The molecule has 1 aliphatic rings. The molecular weight excluding hydrogens is 300 g/mol. The number of anilines is 1. The van der Waals surface area contributed by atoms with Crippen molar-refractivity contribution >= 4 is 27.3 Å². The maximum Gasteiger partial charge on any atom is 0.243 e. The fourth-order valence-corrected chi connectivity index (χ4v) is 4.35. The maximum atomic E-state index is 12.8. The van der Waals surface area contributed by atoms with E-state index in [0.717, 1.165) is 0 Å². The Morgan fingerprint density at radius 3 is 2.60 bits per heavy atom. The second kappa shape index (κ2) is 5.18. The molecule has 112 valence electrons. The Labute approximate surface area is 124 Å². The van der Waals surface area contributed by atoms with Crippen LogP contribution in [0.1, 0.15) is 19.4 Å². The summed E-state index contributed by atoms with van der Waals surface area (Å²) in [4.78, 5) is 0.126. The normalized spacial score (nSPS) is 20.0. The third-order valence-corrected chi connectivity index (χ3v) is 6.00. The van der Waals surface area contributed by atoms with Gasteiger partial charge in [0, 0.05) is 17.3 Å². The number of hydrogen-bond donors (Lipinski definition) is 1. The summed E-state index contributed by atoms with van der Waals surface area (Å²) < 4.78 is 32.4. The molecule has 0 bridgehead atoms. The summed E-state index contributed by atoms with van der Waals surface area (Å²) in [5.41, 5.74) is 6.29. The number of nitrogens with two attached hydrogens (primary N) is 1. The van der Waals surface area contributed by atoms with Crippen LogP contribution in [0.4, 0.5) is 5.69 Å². The van der Waals surface area contributed by atoms with Gasteiger partial charge in [0.2, 0.25) is 10.0 Å². The molecule has 5 nitrogen and oxygen atoms in total. The Morgan fingerprint density at radius 2 is 2.05 bits per heavy atom. The summed E-state index contributed by atoms with van der Waals surface area (Å²) in [6.07, 6.45) is 0. The minimum Gasteiger partial charge on any atom is -0.398 e. The summed E-state index contributed by atoms with van der Waals surface area (Å²) in [5.74, 6) is 0. The summed E-state index contributed by atoms with van der Waals surface area (Å²) >= 11 is 6.05. The molecule has 0 spiro atoms. The number of ether oxygens (including phenoxy) is 1. The lowest BCUT2D eigenvalue weighted by atomic mass is 10.1. The van der Waals surface area contributed by atoms with Crippen molar-refractivity contribution in [2.45, 2.75) is 31.2 Å². The zero-order valence-electron chi connectivity index (χ0n) is 11.8. The van der Waals surface area contributed by atoms with Gasteiger partial charge in [-0.2, -0.15) is 4.31 Å². The minimum atomic E-state index is -3.64. The van der Waals surface area contributed by atoms with E-state index in [-0.39, 0.29) is 4.90 Å². The Balaban J connectivity index is 2.50. The first-order chi connectivity index (χ1) is 9.16. The van der Waals surface area contributed by atoms with E-state index in [1.165, 1.54) is 16.4 Å². The number of benzene rings is 1. The summed E-state index contributed by atoms with van der Waals surface area (Å²) in [7, 11) is -3.64.